The molecule has 0 fully saturated rings. The van der Waals surface area contributed by atoms with E-state index in [-0.39, 0.29) is 11.1 Å². The van der Waals surface area contributed by atoms with E-state index < -0.39 is 29.6 Å². The Balaban J connectivity index is 2.25. The Bertz CT molecular complexity index is 895. The molecule has 0 saturated heterocycles. The summed E-state index contributed by atoms with van der Waals surface area (Å²) in [6, 6.07) is 10.4. The summed E-state index contributed by atoms with van der Waals surface area (Å²) in [5, 5.41) is 10.8. The molecule has 2 heterocycles. The lowest BCUT2D eigenvalue weighted by atomic mass is 9.81. The zero-order valence-electron chi connectivity index (χ0n) is 14.2. The van der Waals surface area contributed by atoms with Crippen LogP contribution in [0.4, 0.5) is 18.0 Å². The van der Waals surface area contributed by atoms with E-state index in [1.54, 1.807) is 41.8 Å². The van der Waals surface area contributed by atoms with Crippen LogP contribution in [-0.2, 0) is 0 Å². The molecule has 0 radical (unpaired) electrons. The number of aromatic nitrogens is 1. The van der Waals surface area contributed by atoms with E-state index in [9.17, 15) is 18.0 Å². The number of nitrogens with zero attached hydrogens (tertiary/aromatic N) is 2. The Kier molecular flexibility index (Phi) is 4.73. The van der Waals surface area contributed by atoms with Gasteiger partial charge in [0.25, 0.3) is 0 Å². The molecular weight excluding hydrogens is 359 g/mol. The van der Waals surface area contributed by atoms with E-state index in [4.69, 9.17) is 5.11 Å². The van der Waals surface area contributed by atoms with E-state index in [1.807, 2.05) is 0 Å². The lowest BCUT2D eigenvalue weighted by Crippen LogP contribution is -2.64. The second-order valence-corrected chi connectivity index (χ2v) is 6.16. The van der Waals surface area contributed by atoms with Crippen LogP contribution in [0.3, 0.4) is 0 Å². The fourth-order valence-electron chi connectivity index (χ4n) is 3.15. The van der Waals surface area contributed by atoms with Crippen LogP contribution in [0.1, 0.15) is 24.1 Å². The number of hydrogen-bond acceptors (Lipinski definition) is 3. The van der Waals surface area contributed by atoms with Crippen molar-refractivity contribution in [3.05, 3.63) is 77.6 Å². The molecule has 1 aliphatic heterocycles. The molecule has 1 aromatic heterocycles. The summed E-state index contributed by atoms with van der Waals surface area (Å²) in [6.45, 7) is 1.49. The molecule has 1 aromatic carbocycles. The molecule has 1 aliphatic rings. The molecule has 2 N–H and O–H groups in total. The molecule has 1 amide bonds. The molecule has 0 spiro atoms. The topological polar surface area (TPSA) is 74.6 Å². The smallest absolute Gasteiger partial charge is 0.421 e. The van der Waals surface area contributed by atoms with Gasteiger partial charge in [-0.05, 0) is 35.8 Å². The van der Waals surface area contributed by atoms with Crippen LogP contribution in [0, 0.1) is 0 Å². The van der Waals surface area contributed by atoms with Gasteiger partial charge in [-0.25, -0.2) is 4.79 Å². The average Bonchev–Trinajstić information content (AvgIpc) is 2.62. The van der Waals surface area contributed by atoms with Crippen LogP contribution in [0.5, 0.6) is 0 Å². The number of carboxylic acid groups (broad SMARTS) is 1. The van der Waals surface area contributed by atoms with Gasteiger partial charge in [0.05, 0.1) is 11.8 Å². The number of nitrogens with one attached hydrogen (secondary N) is 1. The van der Waals surface area contributed by atoms with Crippen molar-refractivity contribution in [2.45, 2.75) is 24.7 Å². The van der Waals surface area contributed by atoms with E-state index in [0.29, 0.717) is 5.56 Å². The lowest BCUT2D eigenvalue weighted by molar-refractivity contribution is -0.160. The minimum Gasteiger partial charge on any atom is -0.465 e. The molecule has 2 aromatic rings. The molecule has 3 rings (SSSR count). The Hall–Kier alpha value is -3.16. The molecule has 8 heteroatoms. The van der Waals surface area contributed by atoms with E-state index in [1.165, 1.54) is 25.3 Å². The average molecular weight is 375 g/mol. The molecule has 0 bridgehead atoms. The summed E-state index contributed by atoms with van der Waals surface area (Å²) in [5.41, 5.74) is -2.28. The standard InChI is InChI=1S/C19H16F3N3O2/c1-12-10-18(19(20,21)22,25-17(26)27)16(13-6-3-2-4-7-13)24-15(12)14-8-5-9-23-11-14/h2-11,15,25H,1H3,(H,26,27). The van der Waals surface area contributed by atoms with Crippen molar-refractivity contribution in [1.82, 2.24) is 10.3 Å². The van der Waals surface area contributed by atoms with Gasteiger partial charge in [0.15, 0.2) is 0 Å². The minimum absolute atomic E-state index is 0.182. The molecule has 0 saturated carbocycles. The SMILES string of the molecule is CC1=CC(NC(=O)O)(C(F)(F)F)C(c2ccccc2)=NC1c1cccnc1. The third kappa shape index (κ3) is 3.42. The van der Waals surface area contributed by atoms with Gasteiger partial charge in [-0.1, -0.05) is 36.4 Å². The largest absolute Gasteiger partial charge is 0.465 e. The first-order valence-corrected chi connectivity index (χ1v) is 8.05. The number of halogens is 3. The van der Waals surface area contributed by atoms with Crippen LogP contribution in [0.2, 0.25) is 0 Å². The number of aliphatic imine (C=N–C) groups is 1. The lowest BCUT2D eigenvalue weighted by Gasteiger charge is -2.39. The van der Waals surface area contributed by atoms with Gasteiger partial charge in [0.2, 0.25) is 5.54 Å². The van der Waals surface area contributed by atoms with Gasteiger partial charge in [-0.2, -0.15) is 13.2 Å². The maximum absolute atomic E-state index is 14.1. The molecule has 2 atom stereocenters. The first kappa shape index (κ1) is 18.6. The number of pyridine rings is 1. The number of hydrogen-bond donors (Lipinski definition) is 2. The summed E-state index contributed by atoms with van der Waals surface area (Å²) in [4.78, 5) is 19.6. The second kappa shape index (κ2) is 6.86. The summed E-state index contributed by atoms with van der Waals surface area (Å²) in [6.07, 6.45) is -2.74. The fraction of sp³-hybridized carbons (Fsp3) is 0.211. The van der Waals surface area contributed by atoms with Crippen molar-refractivity contribution in [3.8, 4) is 0 Å². The van der Waals surface area contributed by atoms with Crippen molar-refractivity contribution >= 4 is 11.8 Å². The van der Waals surface area contributed by atoms with Gasteiger partial charge >= 0.3 is 12.3 Å². The van der Waals surface area contributed by atoms with Gasteiger partial charge in [-0.15, -0.1) is 0 Å². The Morgan fingerprint density at radius 2 is 1.89 bits per heavy atom. The van der Waals surface area contributed by atoms with Gasteiger partial charge in [-0.3, -0.25) is 15.3 Å². The van der Waals surface area contributed by atoms with Crippen LogP contribution in [0.15, 0.2) is 71.5 Å². The first-order chi connectivity index (χ1) is 12.7. The maximum atomic E-state index is 14.1. The third-order valence-electron chi connectivity index (χ3n) is 4.31. The maximum Gasteiger partial charge on any atom is 0.421 e. The summed E-state index contributed by atoms with van der Waals surface area (Å²) in [7, 11) is 0. The zero-order chi connectivity index (χ0) is 19.7. The van der Waals surface area contributed by atoms with Crippen LogP contribution in [-0.4, -0.2) is 33.6 Å². The monoisotopic (exact) mass is 375 g/mol. The fourth-order valence-corrected chi connectivity index (χ4v) is 3.15. The van der Waals surface area contributed by atoms with Crippen LogP contribution in [0.25, 0.3) is 0 Å². The highest BCUT2D eigenvalue weighted by Crippen LogP contribution is 2.42. The molecule has 0 aliphatic carbocycles. The van der Waals surface area contributed by atoms with Crippen LogP contribution >= 0.6 is 0 Å². The van der Waals surface area contributed by atoms with Gasteiger partial charge in [0, 0.05) is 12.4 Å². The van der Waals surface area contributed by atoms with Crippen LogP contribution < -0.4 is 5.32 Å². The molecule has 140 valence electrons. The normalized spacial score (nSPS) is 22.6. The van der Waals surface area contributed by atoms with Crippen molar-refractivity contribution in [2.75, 3.05) is 0 Å². The first-order valence-electron chi connectivity index (χ1n) is 8.05. The zero-order valence-corrected chi connectivity index (χ0v) is 14.2. The highest BCUT2D eigenvalue weighted by Gasteiger charge is 2.60. The van der Waals surface area contributed by atoms with Gasteiger partial charge < -0.3 is 5.11 Å². The molecular formula is C19H16F3N3O2. The Morgan fingerprint density at radius 1 is 1.19 bits per heavy atom. The number of benzene rings is 1. The number of dihydropyridines is 1. The number of rotatable bonds is 3. The van der Waals surface area contributed by atoms with Crippen molar-refractivity contribution in [1.29, 1.82) is 0 Å². The van der Waals surface area contributed by atoms with E-state index in [2.05, 4.69) is 9.98 Å². The molecule has 27 heavy (non-hydrogen) atoms. The van der Waals surface area contributed by atoms with Crippen molar-refractivity contribution in [3.63, 3.8) is 0 Å². The van der Waals surface area contributed by atoms with E-state index in [0.717, 1.165) is 6.08 Å². The predicted molar refractivity (Wildman–Crippen MR) is 93.7 cm³/mol. The van der Waals surface area contributed by atoms with Crippen molar-refractivity contribution < 1.29 is 23.1 Å². The highest BCUT2D eigenvalue weighted by molar-refractivity contribution is 6.11. The summed E-state index contributed by atoms with van der Waals surface area (Å²) < 4.78 is 42.4. The Morgan fingerprint density at radius 3 is 2.44 bits per heavy atom. The molecule has 2 unspecified atom stereocenters. The number of carbonyl (C=O) groups is 1. The van der Waals surface area contributed by atoms with Crippen molar-refractivity contribution in [2.24, 2.45) is 4.99 Å². The quantitative estimate of drug-likeness (QED) is 0.792. The highest BCUT2D eigenvalue weighted by atomic mass is 19.4. The number of alkyl halides is 3. The summed E-state index contributed by atoms with van der Waals surface area (Å²) in [5.74, 6) is 0. The third-order valence-corrected chi connectivity index (χ3v) is 4.31. The van der Waals surface area contributed by atoms with Gasteiger partial charge in [0.1, 0.15) is 0 Å². The molecule has 5 nitrogen and oxygen atoms in total. The number of amides is 1. The second-order valence-electron chi connectivity index (χ2n) is 6.16. The minimum atomic E-state index is -4.93. The van der Waals surface area contributed by atoms with E-state index >= 15 is 0 Å². The summed E-state index contributed by atoms with van der Waals surface area (Å²) >= 11 is 0. The predicted octanol–water partition coefficient (Wildman–Crippen LogP) is 4.14. The Labute approximate surface area is 153 Å².